The molecule has 72 valence electrons. The van der Waals surface area contributed by atoms with Gasteiger partial charge in [-0.2, -0.15) is 8.78 Å². The minimum atomic E-state index is -2.64. The third-order valence-corrected chi connectivity index (χ3v) is 2.56. The molecule has 1 fully saturated rings. The molecule has 0 spiro atoms. The Morgan fingerprint density at radius 1 is 1.33 bits per heavy atom. The highest BCUT2D eigenvalue weighted by Crippen LogP contribution is 2.31. The van der Waals surface area contributed by atoms with Crippen LogP contribution in [-0.2, 0) is 4.74 Å². The quantitative estimate of drug-likeness (QED) is 0.711. The second-order valence-electron chi connectivity index (χ2n) is 3.28. The van der Waals surface area contributed by atoms with Gasteiger partial charge in [0.05, 0.1) is 6.61 Å². The Balaban J connectivity index is 2.21. The van der Waals surface area contributed by atoms with Gasteiger partial charge in [0.2, 0.25) is 0 Å². The number of nitrogens with two attached hydrogens (primary N) is 1. The fourth-order valence-electron chi connectivity index (χ4n) is 1.84. The molecule has 2 nitrogen and oxygen atoms in total. The van der Waals surface area contributed by atoms with Gasteiger partial charge in [-0.3, -0.25) is 0 Å². The van der Waals surface area contributed by atoms with E-state index in [0.29, 0.717) is 12.5 Å². The first-order valence-corrected chi connectivity index (χ1v) is 4.34. The zero-order valence-corrected chi connectivity index (χ0v) is 7.01. The molecule has 1 aliphatic rings. The molecule has 0 heterocycles. The minimum absolute atomic E-state index is 0.166. The lowest BCUT2D eigenvalue weighted by Gasteiger charge is -2.16. The predicted molar refractivity (Wildman–Crippen MR) is 41.8 cm³/mol. The van der Waals surface area contributed by atoms with Crippen molar-refractivity contribution in [1.82, 2.24) is 0 Å². The van der Waals surface area contributed by atoms with Gasteiger partial charge in [-0.1, -0.05) is 6.42 Å². The second-order valence-corrected chi connectivity index (χ2v) is 3.28. The lowest BCUT2D eigenvalue weighted by molar-refractivity contribution is -0.140. The van der Waals surface area contributed by atoms with Gasteiger partial charge >= 0.3 is 6.61 Å². The molecule has 0 aromatic rings. The molecule has 2 unspecified atom stereocenters. The summed E-state index contributed by atoms with van der Waals surface area (Å²) >= 11 is 0. The molecule has 0 saturated heterocycles. The van der Waals surface area contributed by atoms with Crippen LogP contribution in [0.5, 0.6) is 0 Å². The Morgan fingerprint density at radius 3 is 2.58 bits per heavy atom. The van der Waals surface area contributed by atoms with Crippen molar-refractivity contribution in [3.05, 3.63) is 0 Å². The SMILES string of the molecule is NCC1CCCC1COC(F)F. The van der Waals surface area contributed by atoms with Crippen LogP contribution in [0.2, 0.25) is 0 Å². The highest BCUT2D eigenvalue weighted by atomic mass is 19.3. The van der Waals surface area contributed by atoms with E-state index in [2.05, 4.69) is 4.74 Å². The van der Waals surface area contributed by atoms with Crippen LogP contribution in [0.3, 0.4) is 0 Å². The number of alkyl halides is 2. The standard InChI is InChI=1S/C8H15F2NO/c9-8(10)12-5-7-3-1-2-6(7)4-11/h6-8H,1-5,11H2. The van der Waals surface area contributed by atoms with Gasteiger partial charge in [0, 0.05) is 0 Å². The molecule has 0 amide bonds. The molecule has 1 saturated carbocycles. The Morgan fingerprint density at radius 2 is 2.00 bits per heavy atom. The molecule has 0 radical (unpaired) electrons. The van der Waals surface area contributed by atoms with Crippen molar-refractivity contribution in [3.63, 3.8) is 0 Å². The fraction of sp³-hybridized carbons (Fsp3) is 1.00. The van der Waals surface area contributed by atoms with Gasteiger partial charge in [0.1, 0.15) is 0 Å². The van der Waals surface area contributed by atoms with E-state index < -0.39 is 6.61 Å². The fourth-order valence-corrected chi connectivity index (χ4v) is 1.84. The largest absolute Gasteiger partial charge is 0.345 e. The summed E-state index contributed by atoms with van der Waals surface area (Å²) in [6, 6.07) is 0. The van der Waals surface area contributed by atoms with Crippen LogP contribution in [0.25, 0.3) is 0 Å². The first-order valence-electron chi connectivity index (χ1n) is 4.34. The second kappa shape index (κ2) is 4.72. The molecule has 0 aromatic heterocycles. The zero-order chi connectivity index (χ0) is 8.97. The van der Waals surface area contributed by atoms with Crippen molar-refractivity contribution in [2.24, 2.45) is 17.6 Å². The summed E-state index contributed by atoms with van der Waals surface area (Å²) in [4.78, 5) is 0. The number of ether oxygens (including phenoxy) is 1. The van der Waals surface area contributed by atoms with E-state index in [-0.39, 0.29) is 12.5 Å². The van der Waals surface area contributed by atoms with Gasteiger partial charge in [-0.15, -0.1) is 0 Å². The van der Waals surface area contributed by atoms with Crippen molar-refractivity contribution in [3.8, 4) is 0 Å². The average Bonchev–Trinajstić information content (AvgIpc) is 2.47. The molecule has 12 heavy (non-hydrogen) atoms. The number of rotatable bonds is 4. The molecule has 1 rings (SSSR count). The minimum Gasteiger partial charge on any atom is -0.330 e. The highest BCUT2D eigenvalue weighted by molar-refractivity contribution is 4.77. The van der Waals surface area contributed by atoms with Crippen molar-refractivity contribution in [2.45, 2.75) is 25.9 Å². The first-order chi connectivity index (χ1) is 5.74. The van der Waals surface area contributed by atoms with Crippen LogP contribution >= 0.6 is 0 Å². The van der Waals surface area contributed by atoms with Crippen LogP contribution in [-0.4, -0.2) is 19.8 Å². The maximum Gasteiger partial charge on any atom is 0.345 e. The third kappa shape index (κ3) is 2.68. The lowest BCUT2D eigenvalue weighted by Crippen LogP contribution is -2.23. The summed E-state index contributed by atoms with van der Waals surface area (Å²) in [5, 5.41) is 0. The van der Waals surface area contributed by atoms with E-state index in [1.165, 1.54) is 0 Å². The highest BCUT2D eigenvalue weighted by Gasteiger charge is 2.26. The van der Waals surface area contributed by atoms with Gasteiger partial charge in [0.25, 0.3) is 0 Å². The maximum absolute atomic E-state index is 11.7. The van der Waals surface area contributed by atoms with Crippen LogP contribution in [0.4, 0.5) is 8.78 Å². The monoisotopic (exact) mass is 179 g/mol. The number of hydrogen-bond acceptors (Lipinski definition) is 2. The van der Waals surface area contributed by atoms with Crippen LogP contribution in [0.1, 0.15) is 19.3 Å². The van der Waals surface area contributed by atoms with Crippen LogP contribution < -0.4 is 5.73 Å². The predicted octanol–water partition coefficient (Wildman–Crippen LogP) is 1.60. The van der Waals surface area contributed by atoms with Crippen LogP contribution in [0.15, 0.2) is 0 Å². The maximum atomic E-state index is 11.7. The van der Waals surface area contributed by atoms with Crippen molar-refractivity contribution >= 4 is 0 Å². The molecular formula is C8H15F2NO. The van der Waals surface area contributed by atoms with Gasteiger partial charge in [-0.25, -0.2) is 0 Å². The zero-order valence-electron chi connectivity index (χ0n) is 7.01. The van der Waals surface area contributed by atoms with E-state index in [1.54, 1.807) is 0 Å². The summed E-state index contributed by atoms with van der Waals surface area (Å²) in [6.07, 6.45) is 3.14. The molecule has 2 atom stereocenters. The van der Waals surface area contributed by atoms with Crippen molar-refractivity contribution < 1.29 is 13.5 Å². The summed E-state index contributed by atoms with van der Waals surface area (Å²) in [6.45, 7) is -1.87. The topological polar surface area (TPSA) is 35.2 Å². The molecule has 0 aromatic carbocycles. The smallest absolute Gasteiger partial charge is 0.330 e. The summed E-state index contributed by atoms with van der Waals surface area (Å²) in [5.74, 6) is 0.646. The Kier molecular flexibility index (Phi) is 3.88. The molecule has 1 aliphatic carbocycles. The Labute approximate surface area is 71.1 Å². The van der Waals surface area contributed by atoms with E-state index in [0.717, 1.165) is 19.3 Å². The Bertz CT molecular complexity index is 132. The summed E-state index contributed by atoms with van der Waals surface area (Å²) < 4.78 is 27.6. The number of halogens is 2. The van der Waals surface area contributed by atoms with Gasteiger partial charge in [0.15, 0.2) is 0 Å². The third-order valence-electron chi connectivity index (χ3n) is 2.56. The van der Waals surface area contributed by atoms with Crippen LogP contribution in [0, 0.1) is 11.8 Å². The van der Waals surface area contributed by atoms with E-state index in [4.69, 9.17) is 5.73 Å². The molecule has 4 heteroatoms. The van der Waals surface area contributed by atoms with Crippen molar-refractivity contribution in [1.29, 1.82) is 0 Å². The normalized spacial score (nSPS) is 30.0. The van der Waals surface area contributed by atoms with E-state index in [9.17, 15) is 8.78 Å². The molecule has 0 aliphatic heterocycles. The summed E-state index contributed by atoms with van der Waals surface area (Å²) in [5.41, 5.74) is 5.49. The Hall–Kier alpha value is -0.220. The van der Waals surface area contributed by atoms with E-state index in [1.807, 2.05) is 0 Å². The summed E-state index contributed by atoms with van der Waals surface area (Å²) in [7, 11) is 0. The number of hydrogen-bond donors (Lipinski definition) is 1. The molecule has 0 bridgehead atoms. The van der Waals surface area contributed by atoms with Gasteiger partial charge < -0.3 is 10.5 Å². The lowest BCUT2D eigenvalue weighted by atomic mass is 9.97. The van der Waals surface area contributed by atoms with E-state index >= 15 is 0 Å². The van der Waals surface area contributed by atoms with Gasteiger partial charge in [-0.05, 0) is 31.2 Å². The van der Waals surface area contributed by atoms with Crippen molar-refractivity contribution in [2.75, 3.05) is 13.2 Å². The average molecular weight is 179 g/mol. The molecular weight excluding hydrogens is 164 g/mol. The first kappa shape index (κ1) is 9.86. The molecule has 2 N–H and O–H groups in total.